The van der Waals surface area contributed by atoms with Crippen LogP contribution in [0.15, 0.2) is 66.2 Å². The van der Waals surface area contributed by atoms with Crippen LogP contribution in [-0.2, 0) is 0 Å². The van der Waals surface area contributed by atoms with E-state index in [1.807, 2.05) is 6.07 Å². The second-order valence-electron chi connectivity index (χ2n) is 5.91. The molecule has 2 aromatic carbocycles. The first-order valence-electron chi connectivity index (χ1n) is 8.23. The molecular formula is C21H23N. The molecule has 3 rings (SSSR count). The van der Waals surface area contributed by atoms with E-state index in [2.05, 4.69) is 55.1 Å². The number of aliphatic imine (C=N–C) groups is 1. The molecule has 0 atom stereocenters. The fraction of sp³-hybridized carbons (Fsp3) is 0.286. The molecule has 0 saturated heterocycles. The van der Waals surface area contributed by atoms with Gasteiger partial charge in [0.2, 0.25) is 0 Å². The van der Waals surface area contributed by atoms with Crippen LogP contribution in [0.5, 0.6) is 0 Å². The molecule has 1 aliphatic heterocycles. The maximum atomic E-state index is 4.78. The van der Waals surface area contributed by atoms with E-state index in [0.717, 1.165) is 18.5 Å². The molecule has 0 aromatic heterocycles. The van der Waals surface area contributed by atoms with Crippen LogP contribution in [0.2, 0.25) is 0 Å². The van der Waals surface area contributed by atoms with Crippen LogP contribution in [0.3, 0.4) is 0 Å². The summed E-state index contributed by atoms with van der Waals surface area (Å²) in [5.74, 6) is 0. The van der Waals surface area contributed by atoms with E-state index in [1.165, 1.54) is 48.1 Å². The van der Waals surface area contributed by atoms with Crippen molar-refractivity contribution in [3.8, 4) is 0 Å². The Morgan fingerprint density at radius 1 is 0.773 bits per heavy atom. The van der Waals surface area contributed by atoms with Crippen molar-refractivity contribution in [2.45, 2.75) is 32.1 Å². The molecule has 2 aromatic rings. The molecule has 1 nitrogen and oxygen atoms in total. The first kappa shape index (κ1) is 14.8. The smallest absolute Gasteiger partial charge is 0.0420 e. The van der Waals surface area contributed by atoms with Crippen molar-refractivity contribution in [3.05, 3.63) is 77.9 Å². The fourth-order valence-corrected chi connectivity index (χ4v) is 2.96. The van der Waals surface area contributed by atoms with Crippen molar-refractivity contribution in [1.82, 2.24) is 0 Å². The molecule has 0 fully saturated rings. The summed E-state index contributed by atoms with van der Waals surface area (Å²) >= 11 is 0. The van der Waals surface area contributed by atoms with Crippen LogP contribution < -0.4 is 0 Å². The monoisotopic (exact) mass is 289 g/mol. The number of benzene rings is 2. The summed E-state index contributed by atoms with van der Waals surface area (Å²) in [5.41, 5.74) is 5.98. The summed E-state index contributed by atoms with van der Waals surface area (Å²) in [6.45, 7) is 5.21. The van der Waals surface area contributed by atoms with E-state index in [1.54, 1.807) is 0 Å². The summed E-state index contributed by atoms with van der Waals surface area (Å²) < 4.78 is 0. The minimum Gasteiger partial charge on any atom is -0.289 e. The van der Waals surface area contributed by atoms with Crippen molar-refractivity contribution in [2.75, 3.05) is 6.54 Å². The molecule has 0 amide bonds. The quantitative estimate of drug-likeness (QED) is 0.707. The third-order valence-corrected chi connectivity index (χ3v) is 4.31. The van der Waals surface area contributed by atoms with E-state index in [4.69, 9.17) is 4.99 Å². The minimum atomic E-state index is 0.980. The van der Waals surface area contributed by atoms with Crippen molar-refractivity contribution >= 4 is 11.3 Å². The lowest BCUT2D eigenvalue weighted by Gasteiger charge is -2.12. The molecule has 112 valence electrons. The van der Waals surface area contributed by atoms with Crippen LogP contribution in [0.1, 0.15) is 48.8 Å². The zero-order valence-corrected chi connectivity index (χ0v) is 13.1. The van der Waals surface area contributed by atoms with Crippen LogP contribution in [-0.4, -0.2) is 12.3 Å². The van der Waals surface area contributed by atoms with Gasteiger partial charge in [0.15, 0.2) is 0 Å². The SMILES string of the molecule is C=C(c1ccccc1)c1ccc(C2=NCCCCCC2)cc1. The molecule has 22 heavy (non-hydrogen) atoms. The Kier molecular flexibility index (Phi) is 4.85. The first-order valence-corrected chi connectivity index (χ1v) is 8.23. The fourth-order valence-electron chi connectivity index (χ4n) is 2.96. The van der Waals surface area contributed by atoms with Gasteiger partial charge in [-0.3, -0.25) is 4.99 Å². The largest absolute Gasteiger partial charge is 0.289 e. The molecule has 0 unspecified atom stereocenters. The number of hydrogen-bond donors (Lipinski definition) is 0. The molecule has 1 heterocycles. The second-order valence-corrected chi connectivity index (χ2v) is 5.91. The lowest BCUT2D eigenvalue weighted by molar-refractivity contribution is 0.644. The average Bonchev–Trinajstić information content (AvgIpc) is 2.55. The Balaban J connectivity index is 1.79. The Hall–Kier alpha value is -2.15. The molecule has 0 aliphatic carbocycles. The number of hydrogen-bond acceptors (Lipinski definition) is 1. The van der Waals surface area contributed by atoms with Gasteiger partial charge in [-0.05, 0) is 41.5 Å². The predicted molar refractivity (Wildman–Crippen MR) is 95.5 cm³/mol. The third-order valence-electron chi connectivity index (χ3n) is 4.31. The highest BCUT2D eigenvalue weighted by atomic mass is 14.7. The predicted octanol–water partition coefficient (Wildman–Crippen LogP) is 5.50. The molecular weight excluding hydrogens is 266 g/mol. The van der Waals surface area contributed by atoms with Crippen LogP contribution in [0.4, 0.5) is 0 Å². The average molecular weight is 289 g/mol. The maximum absolute atomic E-state index is 4.78. The standard InChI is InChI=1S/C21H23N/c1-17(18-9-5-4-6-10-18)19-12-14-20(15-13-19)21-11-7-2-3-8-16-22-21/h4-6,9-10,12-15H,1-3,7-8,11,16H2. The Bertz CT molecular complexity index is 650. The topological polar surface area (TPSA) is 12.4 Å². The van der Waals surface area contributed by atoms with Gasteiger partial charge in [0.1, 0.15) is 0 Å². The summed E-state index contributed by atoms with van der Waals surface area (Å²) in [6, 6.07) is 19.1. The van der Waals surface area contributed by atoms with Crippen LogP contribution in [0, 0.1) is 0 Å². The molecule has 0 spiro atoms. The summed E-state index contributed by atoms with van der Waals surface area (Å²) in [5, 5.41) is 0. The van der Waals surface area contributed by atoms with E-state index in [9.17, 15) is 0 Å². The molecule has 1 heteroatoms. The molecule has 0 bridgehead atoms. The van der Waals surface area contributed by atoms with Gasteiger partial charge < -0.3 is 0 Å². The van der Waals surface area contributed by atoms with E-state index >= 15 is 0 Å². The van der Waals surface area contributed by atoms with Gasteiger partial charge in [0.05, 0.1) is 0 Å². The second kappa shape index (κ2) is 7.22. The van der Waals surface area contributed by atoms with Gasteiger partial charge >= 0.3 is 0 Å². The van der Waals surface area contributed by atoms with E-state index in [-0.39, 0.29) is 0 Å². The lowest BCUT2D eigenvalue weighted by Crippen LogP contribution is -2.05. The van der Waals surface area contributed by atoms with Crippen molar-refractivity contribution in [3.63, 3.8) is 0 Å². The van der Waals surface area contributed by atoms with Gasteiger partial charge in [-0.15, -0.1) is 0 Å². The molecule has 0 saturated carbocycles. The minimum absolute atomic E-state index is 0.980. The first-order chi connectivity index (χ1) is 10.8. The Labute approximate surface area is 133 Å². The van der Waals surface area contributed by atoms with Gasteiger partial charge in [-0.25, -0.2) is 0 Å². The molecule has 0 N–H and O–H groups in total. The normalized spacial score (nSPS) is 15.5. The van der Waals surface area contributed by atoms with Gasteiger partial charge in [0.25, 0.3) is 0 Å². The Morgan fingerprint density at radius 2 is 1.45 bits per heavy atom. The van der Waals surface area contributed by atoms with E-state index in [0.29, 0.717) is 0 Å². The maximum Gasteiger partial charge on any atom is 0.0420 e. The van der Waals surface area contributed by atoms with E-state index < -0.39 is 0 Å². The third kappa shape index (κ3) is 3.54. The summed E-state index contributed by atoms with van der Waals surface area (Å²) in [4.78, 5) is 4.78. The summed E-state index contributed by atoms with van der Waals surface area (Å²) in [7, 11) is 0. The lowest BCUT2D eigenvalue weighted by atomic mass is 9.96. The molecule has 1 aliphatic rings. The van der Waals surface area contributed by atoms with Crippen LogP contribution in [0.25, 0.3) is 5.57 Å². The van der Waals surface area contributed by atoms with Crippen molar-refractivity contribution < 1.29 is 0 Å². The Morgan fingerprint density at radius 3 is 2.23 bits per heavy atom. The molecule has 0 radical (unpaired) electrons. The number of nitrogens with zero attached hydrogens (tertiary/aromatic N) is 1. The zero-order chi connectivity index (χ0) is 15.2. The van der Waals surface area contributed by atoms with Crippen LogP contribution >= 0.6 is 0 Å². The van der Waals surface area contributed by atoms with Gasteiger partial charge in [-0.2, -0.15) is 0 Å². The van der Waals surface area contributed by atoms with Crippen molar-refractivity contribution in [1.29, 1.82) is 0 Å². The zero-order valence-electron chi connectivity index (χ0n) is 13.1. The highest BCUT2D eigenvalue weighted by molar-refractivity contribution is 6.01. The van der Waals surface area contributed by atoms with Gasteiger partial charge in [-0.1, -0.05) is 74.0 Å². The highest BCUT2D eigenvalue weighted by Gasteiger charge is 2.07. The number of rotatable bonds is 3. The highest BCUT2D eigenvalue weighted by Crippen LogP contribution is 2.22. The van der Waals surface area contributed by atoms with Crippen molar-refractivity contribution in [2.24, 2.45) is 4.99 Å². The van der Waals surface area contributed by atoms with Gasteiger partial charge in [0, 0.05) is 12.3 Å². The summed E-state index contributed by atoms with van der Waals surface area (Å²) in [6.07, 6.45) is 6.26.